The maximum Gasteiger partial charge on any atom is 0.303 e. The van der Waals surface area contributed by atoms with Gasteiger partial charge in [0.15, 0.2) is 0 Å². The zero-order chi connectivity index (χ0) is 16.5. The second-order valence-corrected chi connectivity index (χ2v) is 5.23. The predicted octanol–water partition coefficient (Wildman–Crippen LogP) is 5.48. The Hall–Kier alpha value is -1.55. The Kier molecular flexibility index (Phi) is 14.7. The molecular formula is C18H30O4. The molecule has 0 aliphatic rings. The molecule has 22 heavy (non-hydrogen) atoms. The van der Waals surface area contributed by atoms with Crippen LogP contribution in [0.4, 0.5) is 0 Å². The second-order valence-electron chi connectivity index (χ2n) is 5.23. The van der Waals surface area contributed by atoms with Crippen LogP contribution in [0.25, 0.3) is 0 Å². The lowest BCUT2D eigenvalue weighted by Crippen LogP contribution is -1.93. The second kappa shape index (κ2) is 15.8. The summed E-state index contributed by atoms with van der Waals surface area (Å²) in [6.07, 6.45) is 19.4. The lowest BCUT2D eigenvalue weighted by molar-refractivity contribution is -0.205. The number of carboxylic acids is 1. The van der Waals surface area contributed by atoms with Crippen molar-refractivity contribution in [2.24, 2.45) is 0 Å². The molecule has 0 saturated carbocycles. The van der Waals surface area contributed by atoms with Crippen molar-refractivity contribution >= 4 is 5.97 Å². The van der Waals surface area contributed by atoms with Crippen molar-refractivity contribution < 1.29 is 20.0 Å². The number of hydrogen-bond acceptors (Lipinski definition) is 3. The molecule has 0 aliphatic carbocycles. The average Bonchev–Trinajstić information content (AvgIpc) is 2.51. The molecule has 0 aromatic rings. The van der Waals surface area contributed by atoms with E-state index >= 15 is 0 Å². The lowest BCUT2D eigenvalue weighted by atomic mass is 10.1. The fourth-order valence-electron chi connectivity index (χ4n) is 2.00. The van der Waals surface area contributed by atoms with Crippen molar-refractivity contribution in [1.82, 2.24) is 0 Å². The van der Waals surface area contributed by atoms with Crippen LogP contribution in [-0.2, 0) is 9.68 Å². The molecule has 0 amide bonds. The predicted molar refractivity (Wildman–Crippen MR) is 89.6 cm³/mol. The van der Waals surface area contributed by atoms with Gasteiger partial charge in [-0.05, 0) is 38.2 Å². The smallest absolute Gasteiger partial charge is 0.303 e. The van der Waals surface area contributed by atoms with Gasteiger partial charge in [-0.1, -0.05) is 50.5 Å². The van der Waals surface area contributed by atoms with E-state index in [4.69, 9.17) is 10.4 Å². The highest BCUT2D eigenvalue weighted by atomic mass is 17.1. The summed E-state index contributed by atoms with van der Waals surface area (Å²) in [5, 5.41) is 17.0. The van der Waals surface area contributed by atoms with E-state index in [-0.39, 0.29) is 0 Å². The highest BCUT2D eigenvalue weighted by Crippen LogP contribution is 2.08. The van der Waals surface area contributed by atoms with Crippen LogP contribution in [0.2, 0.25) is 0 Å². The van der Waals surface area contributed by atoms with Gasteiger partial charge in [-0.25, -0.2) is 5.26 Å². The van der Waals surface area contributed by atoms with E-state index in [0.717, 1.165) is 38.5 Å². The Morgan fingerprint density at radius 1 is 0.955 bits per heavy atom. The van der Waals surface area contributed by atoms with Crippen LogP contribution in [0.5, 0.6) is 0 Å². The summed E-state index contributed by atoms with van der Waals surface area (Å²) in [6, 6.07) is 0. The largest absolute Gasteiger partial charge is 0.481 e. The van der Waals surface area contributed by atoms with Crippen LogP contribution in [-0.4, -0.2) is 16.3 Å². The number of allylic oxidation sites excluding steroid dienone is 6. The van der Waals surface area contributed by atoms with E-state index in [1.54, 1.807) is 0 Å². The number of unbranched alkanes of at least 4 members (excludes halogenated alkanes) is 5. The number of hydrogen-bond donors (Lipinski definition) is 2. The molecule has 0 atom stereocenters. The maximum atomic E-state index is 10.3. The van der Waals surface area contributed by atoms with Crippen LogP contribution >= 0.6 is 0 Å². The summed E-state index contributed by atoms with van der Waals surface area (Å²) in [5.41, 5.74) is 0. The zero-order valence-corrected chi connectivity index (χ0v) is 13.7. The first kappa shape index (κ1) is 20.5. The first-order valence-corrected chi connectivity index (χ1v) is 8.23. The Morgan fingerprint density at radius 2 is 1.59 bits per heavy atom. The normalized spacial score (nSPS) is 12.4. The minimum Gasteiger partial charge on any atom is -0.481 e. The Morgan fingerprint density at radius 3 is 2.27 bits per heavy atom. The minimum atomic E-state index is -0.693. The van der Waals surface area contributed by atoms with Crippen molar-refractivity contribution in [3.05, 3.63) is 36.1 Å². The third-order valence-corrected chi connectivity index (χ3v) is 3.31. The lowest BCUT2D eigenvalue weighted by Gasteiger charge is -1.98. The van der Waals surface area contributed by atoms with Gasteiger partial charge in [0.05, 0.1) is 0 Å². The van der Waals surface area contributed by atoms with E-state index in [1.807, 2.05) is 13.0 Å². The number of carboxylic acid groups (broad SMARTS) is 1. The first-order chi connectivity index (χ1) is 10.7. The third-order valence-electron chi connectivity index (χ3n) is 3.31. The molecule has 4 nitrogen and oxygen atoms in total. The third kappa shape index (κ3) is 14.9. The molecule has 0 unspecified atom stereocenters. The Labute approximate surface area is 134 Å². The molecule has 0 aromatic carbocycles. The highest BCUT2D eigenvalue weighted by Gasteiger charge is 1.95. The van der Waals surface area contributed by atoms with E-state index < -0.39 is 5.97 Å². The molecule has 0 fully saturated rings. The minimum absolute atomic E-state index is 0.297. The van der Waals surface area contributed by atoms with E-state index in [2.05, 4.69) is 29.2 Å². The van der Waals surface area contributed by atoms with Gasteiger partial charge >= 0.3 is 5.97 Å². The zero-order valence-electron chi connectivity index (χ0n) is 13.7. The van der Waals surface area contributed by atoms with E-state index in [1.165, 1.54) is 12.8 Å². The topological polar surface area (TPSA) is 66.8 Å². The molecular weight excluding hydrogens is 280 g/mol. The summed E-state index contributed by atoms with van der Waals surface area (Å²) < 4.78 is 0. The number of carbonyl (C=O) groups is 1. The van der Waals surface area contributed by atoms with Gasteiger partial charge in [-0.3, -0.25) is 4.79 Å². The molecule has 0 saturated heterocycles. The van der Waals surface area contributed by atoms with Gasteiger partial charge in [0.2, 0.25) is 0 Å². The Bertz CT molecular complexity index is 350. The van der Waals surface area contributed by atoms with Crippen LogP contribution < -0.4 is 0 Å². The molecule has 126 valence electrons. The van der Waals surface area contributed by atoms with Gasteiger partial charge in [-0.15, -0.1) is 0 Å². The molecule has 0 spiro atoms. The molecule has 0 aromatic heterocycles. The molecule has 0 bridgehead atoms. The van der Waals surface area contributed by atoms with Gasteiger partial charge < -0.3 is 9.99 Å². The van der Waals surface area contributed by atoms with Crippen molar-refractivity contribution in [3.63, 3.8) is 0 Å². The van der Waals surface area contributed by atoms with Gasteiger partial charge in [-0.2, -0.15) is 0 Å². The Balaban J connectivity index is 3.40. The van der Waals surface area contributed by atoms with E-state index in [0.29, 0.717) is 18.6 Å². The van der Waals surface area contributed by atoms with Gasteiger partial charge in [0.1, 0.15) is 5.76 Å². The molecule has 0 radical (unpaired) electrons. The van der Waals surface area contributed by atoms with Crippen LogP contribution in [0.1, 0.15) is 71.1 Å². The number of aliphatic carboxylic acids is 1. The van der Waals surface area contributed by atoms with Gasteiger partial charge in [0.25, 0.3) is 0 Å². The highest BCUT2D eigenvalue weighted by molar-refractivity contribution is 5.66. The molecule has 0 aliphatic heterocycles. The fourth-order valence-corrected chi connectivity index (χ4v) is 2.00. The molecule has 2 N–H and O–H groups in total. The molecule has 0 heterocycles. The summed E-state index contributed by atoms with van der Waals surface area (Å²) in [6.45, 7) is 1.93. The summed E-state index contributed by atoms with van der Waals surface area (Å²) in [4.78, 5) is 14.5. The quantitative estimate of drug-likeness (QED) is 0.147. The van der Waals surface area contributed by atoms with Crippen molar-refractivity contribution in [2.45, 2.75) is 71.1 Å². The SMILES string of the molecule is CC/C(=C\C/C=C\C/C=C\CCCCCCCC(=O)O)OO. The summed E-state index contributed by atoms with van der Waals surface area (Å²) in [7, 11) is 0. The summed E-state index contributed by atoms with van der Waals surface area (Å²) >= 11 is 0. The summed E-state index contributed by atoms with van der Waals surface area (Å²) in [5.74, 6) is -0.0927. The van der Waals surface area contributed by atoms with Crippen LogP contribution in [0.3, 0.4) is 0 Å². The average molecular weight is 310 g/mol. The fraction of sp³-hybridized carbons (Fsp3) is 0.611. The van der Waals surface area contributed by atoms with Crippen LogP contribution in [0.15, 0.2) is 36.1 Å². The van der Waals surface area contributed by atoms with E-state index in [9.17, 15) is 4.79 Å². The van der Waals surface area contributed by atoms with Crippen molar-refractivity contribution in [3.8, 4) is 0 Å². The maximum absolute atomic E-state index is 10.3. The molecule has 0 rings (SSSR count). The van der Waals surface area contributed by atoms with Crippen LogP contribution in [0, 0.1) is 0 Å². The number of rotatable bonds is 14. The monoisotopic (exact) mass is 310 g/mol. The van der Waals surface area contributed by atoms with Crippen molar-refractivity contribution in [2.75, 3.05) is 0 Å². The molecule has 4 heteroatoms. The van der Waals surface area contributed by atoms with Crippen molar-refractivity contribution in [1.29, 1.82) is 0 Å². The first-order valence-electron chi connectivity index (χ1n) is 8.23. The van der Waals surface area contributed by atoms with Gasteiger partial charge in [0, 0.05) is 12.8 Å². The standard InChI is InChI=1S/C18H30O4/c1-2-17(22-21)15-13-11-9-7-5-3-4-6-8-10-12-14-16-18(19)20/h3,5,9,11,15,21H,2,4,6-8,10,12-14,16H2,1H3,(H,19,20)/b5-3-,11-9-,17-15+.